The van der Waals surface area contributed by atoms with Gasteiger partial charge in [0.2, 0.25) is 5.95 Å². The number of aryl methyl sites for hydroxylation is 2. The molecule has 2 heterocycles. The van der Waals surface area contributed by atoms with Gasteiger partial charge in [0.1, 0.15) is 0 Å². The van der Waals surface area contributed by atoms with Crippen molar-refractivity contribution in [3.8, 4) is 0 Å². The van der Waals surface area contributed by atoms with Gasteiger partial charge in [0, 0.05) is 22.7 Å². The standard InChI is InChI=1S/C17H15N5/c1-10-4-3-5-12-8-18-17(21-15(10)12)20-14-7-6-13-9-19-22-16(13)11(14)2/h3-9H,1-2H3,(H,19,22)(H,18,20,21). The number of rotatable bonds is 2. The van der Waals surface area contributed by atoms with E-state index in [0.29, 0.717) is 5.95 Å². The molecule has 2 N–H and O–H groups in total. The summed E-state index contributed by atoms with van der Waals surface area (Å²) >= 11 is 0. The van der Waals surface area contributed by atoms with Crippen LogP contribution in [0.25, 0.3) is 21.8 Å². The van der Waals surface area contributed by atoms with Crippen molar-refractivity contribution in [3.63, 3.8) is 0 Å². The van der Waals surface area contributed by atoms with E-state index in [1.165, 1.54) is 0 Å². The van der Waals surface area contributed by atoms with Crippen molar-refractivity contribution in [3.05, 3.63) is 53.9 Å². The van der Waals surface area contributed by atoms with Crippen molar-refractivity contribution in [2.24, 2.45) is 0 Å². The van der Waals surface area contributed by atoms with E-state index in [4.69, 9.17) is 0 Å². The third-order valence-electron chi connectivity index (χ3n) is 3.94. The smallest absolute Gasteiger partial charge is 0.227 e. The van der Waals surface area contributed by atoms with Crippen LogP contribution >= 0.6 is 0 Å². The summed E-state index contributed by atoms with van der Waals surface area (Å²) in [5, 5.41) is 12.5. The zero-order valence-electron chi connectivity index (χ0n) is 12.4. The number of nitrogens with zero attached hydrogens (tertiary/aromatic N) is 3. The first kappa shape index (κ1) is 12.8. The van der Waals surface area contributed by atoms with Crippen LogP contribution in [0.5, 0.6) is 0 Å². The van der Waals surface area contributed by atoms with E-state index in [-0.39, 0.29) is 0 Å². The molecule has 0 saturated carbocycles. The number of para-hydroxylation sites is 1. The first-order chi connectivity index (χ1) is 10.7. The van der Waals surface area contributed by atoms with E-state index in [1.54, 1.807) is 0 Å². The molecule has 0 amide bonds. The van der Waals surface area contributed by atoms with Gasteiger partial charge in [-0.3, -0.25) is 5.10 Å². The molecule has 0 radical (unpaired) electrons. The molecule has 0 saturated heterocycles. The van der Waals surface area contributed by atoms with Gasteiger partial charge < -0.3 is 5.32 Å². The molecule has 0 aliphatic rings. The third kappa shape index (κ3) is 1.98. The number of aromatic nitrogens is 4. The number of nitrogens with one attached hydrogen (secondary N) is 2. The second-order valence-corrected chi connectivity index (χ2v) is 5.40. The lowest BCUT2D eigenvalue weighted by Crippen LogP contribution is -1.99. The van der Waals surface area contributed by atoms with Crippen molar-refractivity contribution >= 4 is 33.4 Å². The van der Waals surface area contributed by atoms with Crippen LogP contribution in [0, 0.1) is 13.8 Å². The van der Waals surface area contributed by atoms with E-state index in [2.05, 4.69) is 45.4 Å². The lowest BCUT2D eigenvalue weighted by atomic mass is 10.1. The van der Waals surface area contributed by atoms with E-state index in [9.17, 15) is 0 Å². The van der Waals surface area contributed by atoms with Gasteiger partial charge in [0.25, 0.3) is 0 Å². The van der Waals surface area contributed by atoms with Crippen molar-refractivity contribution in [1.29, 1.82) is 0 Å². The first-order valence-corrected chi connectivity index (χ1v) is 7.14. The Hall–Kier alpha value is -2.95. The number of hydrogen-bond acceptors (Lipinski definition) is 4. The van der Waals surface area contributed by atoms with Gasteiger partial charge in [-0.15, -0.1) is 0 Å². The maximum Gasteiger partial charge on any atom is 0.227 e. The molecule has 0 spiro atoms. The Morgan fingerprint density at radius 2 is 1.91 bits per heavy atom. The molecule has 4 rings (SSSR count). The zero-order chi connectivity index (χ0) is 15.1. The van der Waals surface area contributed by atoms with Crippen LogP contribution in [0.3, 0.4) is 0 Å². The Morgan fingerprint density at radius 1 is 1.00 bits per heavy atom. The van der Waals surface area contributed by atoms with Gasteiger partial charge in [-0.1, -0.05) is 18.2 Å². The molecular weight excluding hydrogens is 274 g/mol. The fourth-order valence-electron chi connectivity index (χ4n) is 2.68. The monoisotopic (exact) mass is 289 g/mol. The minimum absolute atomic E-state index is 0.601. The fourth-order valence-corrected chi connectivity index (χ4v) is 2.68. The topological polar surface area (TPSA) is 66.5 Å². The van der Waals surface area contributed by atoms with Crippen molar-refractivity contribution in [2.45, 2.75) is 13.8 Å². The summed E-state index contributed by atoms with van der Waals surface area (Å²) in [4.78, 5) is 9.03. The van der Waals surface area contributed by atoms with Crippen molar-refractivity contribution < 1.29 is 0 Å². The van der Waals surface area contributed by atoms with E-state index >= 15 is 0 Å². The van der Waals surface area contributed by atoms with E-state index in [1.807, 2.05) is 36.7 Å². The SMILES string of the molecule is Cc1cccc2cnc(Nc3ccc4cn[nH]c4c3C)nc12. The van der Waals surface area contributed by atoms with Crippen LogP contribution < -0.4 is 5.32 Å². The molecular formula is C17H15N5. The van der Waals surface area contributed by atoms with Crippen LogP contribution in [0.1, 0.15) is 11.1 Å². The largest absolute Gasteiger partial charge is 0.324 e. The maximum atomic E-state index is 4.63. The molecule has 0 atom stereocenters. The van der Waals surface area contributed by atoms with Gasteiger partial charge >= 0.3 is 0 Å². The van der Waals surface area contributed by atoms with E-state index < -0.39 is 0 Å². The summed E-state index contributed by atoms with van der Waals surface area (Å²) < 4.78 is 0. The van der Waals surface area contributed by atoms with Crippen molar-refractivity contribution in [1.82, 2.24) is 20.2 Å². The Balaban J connectivity index is 1.78. The highest BCUT2D eigenvalue weighted by atomic mass is 15.1. The molecule has 108 valence electrons. The molecule has 0 bridgehead atoms. The number of hydrogen-bond donors (Lipinski definition) is 2. The summed E-state index contributed by atoms with van der Waals surface area (Å²) in [7, 11) is 0. The molecule has 0 aliphatic heterocycles. The lowest BCUT2D eigenvalue weighted by molar-refractivity contribution is 1.11. The Kier molecular flexibility index (Phi) is 2.79. The lowest BCUT2D eigenvalue weighted by Gasteiger charge is -2.10. The normalized spacial score (nSPS) is 11.2. The number of aromatic amines is 1. The van der Waals surface area contributed by atoms with Crippen LogP contribution in [0.4, 0.5) is 11.6 Å². The van der Waals surface area contributed by atoms with Gasteiger partial charge in [-0.05, 0) is 37.1 Å². The number of fused-ring (bicyclic) bond motifs is 2. The predicted molar refractivity (Wildman–Crippen MR) is 88.4 cm³/mol. The first-order valence-electron chi connectivity index (χ1n) is 7.14. The van der Waals surface area contributed by atoms with Crippen LogP contribution in [0.2, 0.25) is 0 Å². The third-order valence-corrected chi connectivity index (χ3v) is 3.94. The molecule has 0 aliphatic carbocycles. The summed E-state index contributed by atoms with van der Waals surface area (Å²) in [5.74, 6) is 0.601. The summed E-state index contributed by atoms with van der Waals surface area (Å²) in [6, 6.07) is 10.2. The summed E-state index contributed by atoms with van der Waals surface area (Å²) in [6.07, 6.45) is 3.67. The van der Waals surface area contributed by atoms with Crippen LogP contribution in [-0.2, 0) is 0 Å². The Bertz CT molecular complexity index is 987. The Morgan fingerprint density at radius 3 is 2.82 bits per heavy atom. The maximum absolute atomic E-state index is 4.63. The minimum Gasteiger partial charge on any atom is -0.324 e. The molecule has 2 aromatic carbocycles. The van der Waals surface area contributed by atoms with Gasteiger partial charge in [-0.25, -0.2) is 9.97 Å². The average Bonchev–Trinajstić information content (AvgIpc) is 3.00. The highest BCUT2D eigenvalue weighted by Gasteiger charge is 2.08. The fraction of sp³-hybridized carbons (Fsp3) is 0.118. The molecule has 5 heteroatoms. The minimum atomic E-state index is 0.601. The van der Waals surface area contributed by atoms with Gasteiger partial charge in [0.05, 0.1) is 17.2 Å². The van der Waals surface area contributed by atoms with Crippen LogP contribution in [0.15, 0.2) is 42.7 Å². The molecule has 4 aromatic rings. The Labute approximate surface area is 127 Å². The van der Waals surface area contributed by atoms with Crippen molar-refractivity contribution in [2.75, 3.05) is 5.32 Å². The predicted octanol–water partition coefficient (Wildman–Crippen LogP) is 3.87. The average molecular weight is 289 g/mol. The second-order valence-electron chi connectivity index (χ2n) is 5.40. The molecule has 22 heavy (non-hydrogen) atoms. The summed E-state index contributed by atoms with van der Waals surface area (Å²) in [6.45, 7) is 4.11. The van der Waals surface area contributed by atoms with Gasteiger partial charge in [-0.2, -0.15) is 5.10 Å². The van der Waals surface area contributed by atoms with Crippen LogP contribution in [-0.4, -0.2) is 20.2 Å². The number of H-pyrrole nitrogens is 1. The summed E-state index contributed by atoms with van der Waals surface area (Å²) in [5.41, 5.74) is 5.22. The molecule has 5 nitrogen and oxygen atoms in total. The molecule has 2 aromatic heterocycles. The second kappa shape index (κ2) is 4.80. The van der Waals surface area contributed by atoms with E-state index in [0.717, 1.165) is 38.6 Å². The number of benzene rings is 2. The highest BCUT2D eigenvalue weighted by molar-refractivity contribution is 5.87. The number of anilines is 2. The molecule has 0 fully saturated rings. The van der Waals surface area contributed by atoms with Gasteiger partial charge in [0.15, 0.2) is 0 Å². The zero-order valence-corrected chi connectivity index (χ0v) is 12.4. The highest BCUT2D eigenvalue weighted by Crippen LogP contribution is 2.26. The molecule has 0 unspecified atom stereocenters. The quantitative estimate of drug-likeness (QED) is 0.588.